The fourth-order valence-corrected chi connectivity index (χ4v) is 1.46. The van der Waals surface area contributed by atoms with E-state index in [2.05, 4.69) is 26.2 Å². The summed E-state index contributed by atoms with van der Waals surface area (Å²) in [4.78, 5) is 4.14. The van der Waals surface area contributed by atoms with Crippen molar-refractivity contribution < 1.29 is 4.74 Å². The monoisotopic (exact) mass is 228 g/mol. The Morgan fingerprint density at radius 2 is 2.58 bits per heavy atom. The van der Waals surface area contributed by atoms with Gasteiger partial charge in [-0.25, -0.2) is 4.98 Å². The van der Waals surface area contributed by atoms with Crippen LogP contribution in [0.3, 0.4) is 0 Å². The van der Waals surface area contributed by atoms with Crippen LogP contribution in [0.25, 0.3) is 0 Å². The number of aromatic nitrogens is 1. The molecule has 12 heavy (non-hydrogen) atoms. The van der Waals surface area contributed by atoms with Crippen LogP contribution < -0.4 is 10.1 Å². The molecule has 0 aromatic carbocycles. The summed E-state index contributed by atoms with van der Waals surface area (Å²) >= 11 is 3.35. The summed E-state index contributed by atoms with van der Waals surface area (Å²) in [6.45, 7) is 2.85. The molecule has 0 amide bonds. The maximum Gasteiger partial charge on any atom is 0.237 e. The average molecular weight is 229 g/mol. The van der Waals surface area contributed by atoms with E-state index in [1.165, 1.54) is 0 Å². The van der Waals surface area contributed by atoms with Gasteiger partial charge in [0.15, 0.2) is 0 Å². The second-order valence-corrected chi connectivity index (χ2v) is 3.73. The van der Waals surface area contributed by atoms with Gasteiger partial charge in [0.2, 0.25) is 5.88 Å². The van der Waals surface area contributed by atoms with Crippen LogP contribution in [0.1, 0.15) is 6.92 Å². The number of anilines is 1. The van der Waals surface area contributed by atoms with Gasteiger partial charge < -0.3 is 10.1 Å². The van der Waals surface area contributed by atoms with E-state index in [9.17, 15) is 0 Å². The lowest BCUT2D eigenvalue weighted by Gasteiger charge is -2.23. The van der Waals surface area contributed by atoms with Crippen LogP contribution in [0.15, 0.2) is 16.7 Å². The number of rotatable bonds is 0. The largest absolute Gasteiger partial charge is 0.471 e. The minimum atomic E-state index is 0.200. The number of hydrogen-bond donors (Lipinski definition) is 1. The number of halogens is 1. The van der Waals surface area contributed by atoms with Crippen LogP contribution >= 0.6 is 15.9 Å². The minimum absolute atomic E-state index is 0.200. The molecule has 0 aliphatic carbocycles. The van der Waals surface area contributed by atoms with Crippen molar-refractivity contribution in [3.8, 4) is 5.88 Å². The lowest BCUT2D eigenvalue weighted by molar-refractivity contribution is 0.216. The van der Waals surface area contributed by atoms with Crippen molar-refractivity contribution in [2.75, 3.05) is 11.9 Å². The highest BCUT2D eigenvalue weighted by Crippen LogP contribution is 2.28. The summed E-state index contributed by atoms with van der Waals surface area (Å²) in [7, 11) is 0. The first-order valence-corrected chi connectivity index (χ1v) is 4.61. The number of nitrogens with one attached hydrogen (secondary N) is 1. The molecule has 0 radical (unpaired) electrons. The van der Waals surface area contributed by atoms with E-state index in [4.69, 9.17) is 4.74 Å². The Labute approximate surface area is 79.3 Å². The Kier molecular flexibility index (Phi) is 1.92. The maximum atomic E-state index is 5.49. The lowest BCUT2D eigenvalue weighted by atomic mass is 10.3. The summed E-state index contributed by atoms with van der Waals surface area (Å²) in [5, 5.41) is 3.24. The van der Waals surface area contributed by atoms with Crippen LogP contribution in [0.2, 0.25) is 0 Å². The first kappa shape index (κ1) is 7.86. The smallest absolute Gasteiger partial charge is 0.237 e. The fraction of sp³-hybridized carbons (Fsp3) is 0.375. The van der Waals surface area contributed by atoms with Gasteiger partial charge in [-0.3, -0.25) is 0 Å². The molecule has 2 rings (SSSR count). The van der Waals surface area contributed by atoms with Crippen molar-refractivity contribution in [3.63, 3.8) is 0 Å². The highest BCUT2D eigenvalue weighted by atomic mass is 79.9. The van der Waals surface area contributed by atoms with Gasteiger partial charge in [0.1, 0.15) is 6.10 Å². The molecule has 0 bridgehead atoms. The molecule has 1 aliphatic rings. The maximum absolute atomic E-state index is 5.49. The molecule has 1 atom stereocenters. The van der Waals surface area contributed by atoms with Crippen molar-refractivity contribution in [2.45, 2.75) is 13.0 Å². The van der Waals surface area contributed by atoms with E-state index in [1.54, 1.807) is 6.20 Å². The van der Waals surface area contributed by atoms with Gasteiger partial charge in [-0.1, -0.05) is 0 Å². The average Bonchev–Trinajstić information content (AvgIpc) is 2.05. The molecule has 1 aromatic rings. The van der Waals surface area contributed by atoms with Gasteiger partial charge in [-0.2, -0.15) is 0 Å². The molecule has 1 aliphatic heterocycles. The van der Waals surface area contributed by atoms with Gasteiger partial charge in [-0.15, -0.1) is 0 Å². The number of hydrogen-bond acceptors (Lipinski definition) is 3. The third-order valence-electron chi connectivity index (χ3n) is 1.71. The number of fused-ring (bicyclic) bond motifs is 1. The van der Waals surface area contributed by atoms with Crippen LogP contribution in [0.4, 0.5) is 5.69 Å². The van der Waals surface area contributed by atoms with E-state index in [0.717, 1.165) is 16.7 Å². The van der Waals surface area contributed by atoms with Crippen LogP contribution in [-0.2, 0) is 0 Å². The lowest BCUT2D eigenvalue weighted by Crippen LogP contribution is -2.28. The summed E-state index contributed by atoms with van der Waals surface area (Å²) in [5.74, 6) is 0.692. The molecule has 2 heterocycles. The predicted octanol–water partition coefficient (Wildman–Crippen LogP) is 2.04. The molecule has 3 nitrogen and oxygen atoms in total. The highest BCUT2D eigenvalue weighted by molar-refractivity contribution is 9.10. The van der Waals surface area contributed by atoms with Crippen molar-refractivity contribution in [3.05, 3.63) is 16.7 Å². The van der Waals surface area contributed by atoms with Crippen molar-refractivity contribution in [1.29, 1.82) is 0 Å². The highest BCUT2D eigenvalue weighted by Gasteiger charge is 2.15. The van der Waals surface area contributed by atoms with Gasteiger partial charge >= 0.3 is 0 Å². The van der Waals surface area contributed by atoms with Gasteiger partial charge in [0.05, 0.1) is 12.2 Å². The third-order valence-corrected chi connectivity index (χ3v) is 2.14. The Morgan fingerprint density at radius 3 is 3.42 bits per heavy atom. The Bertz CT molecular complexity index is 303. The second kappa shape index (κ2) is 2.94. The van der Waals surface area contributed by atoms with Crippen molar-refractivity contribution in [2.24, 2.45) is 0 Å². The van der Waals surface area contributed by atoms with E-state index >= 15 is 0 Å². The van der Waals surface area contributed by atoms with E-state index in [0.29, 0.717) is 5.88 Å². The van der Waals surface area contributed by atoms with Crippen molar-refractivity contribution in [1.82, 2.24) is 4.98 Å². The molecule has 1 N–H and O–H groups in total. The number of pyridine rings is 1. The molecular weight excluding hydrogens is 220 g/mol. The number of nitrogens with zero attached hydrogens (tertiary/aromatic N) is 1. The molecule has 0 saturated carbocycles. The van der Waals surface area contributed by atoms with Gasteiger partial charge in [-0.05, 0) is 28.9 Å². The summed E-state index contributed by atoms with van der Waals surface area (Å²) in [6, 6.07) is 1.97. The van der Waals surface area contributed by atoms with Crippen LogP contribution in [0, 0.1) is 0 Å². The minimum Gasteiger partial charge on any atom is -0.471 e. The second-order valence-electron chi connectivity index (χ2n) is 2.82. The zero-order chi connectivity index (χ0) is 8.55. The normalized spacial score (nSPS) is 20.7. The van der Waals surface area contributed by atoms with E-state index < -0.39 is 0 Å². The molecule has 4 heteroatoms. The Balaban J connectivity index is 2.37. The molecule has 0 fully saturated rings. The zero-order valence-electron chi connectivity index (χ0n) is 6.67. The van der Waals surface area contributed by atoms with Crippen LogP contribution in [0.5, 0.6) is 5.88 Å². The first-order chi connectivity index (χ1) is 5.75. The van der Waals surface area contributed by atoms with E-state index in [1.807, 2.05) is 13.0 Å². The summed E-state index contributed by atoms with van der Waals surface area (Å²) in [6.07, 6.45) is 1.93. The Hall–Kier alpha value is -0.770. The zero-order valence-corrected chi connectivity index (χ0v) is 8.26. The molecule has 64 valence electrons. The number of ether oxygens (including phenoxy) is 1. The van der Waals surface area contributed by atoms with E-state index in [-0.39, 0.29) is 6.10 Å². The fourth-order valence-electron chi connectivity index (χ4n) is 1.13. The molecule has 1 aromatic heterocycles. The van der Waals surface area contributed by atoms with Crippen LogP contribution in [-0.4, -0.2) is 17.6 Å². The Morgan fingerprint density at radius 1 is 1.75 bits per heavy atom. The topological polar surface area (TPSA) is 34.2 Å². The van der Waals surface area contributed by atoms with Gasteiger partial charge in [0, 0.05) is 10.7 Å². The molecular formula is C8H9BrN2O. The molecule has 0 saturated heterocycles. The summed E-state index contributed by atoms with van der Waals surface area (Å²) in [5.41, 5.74) is 0.961. The van der Waals surface area contributed by atoms with Crippen molar-refractivity contribution >= 4 is 21.6 Å². The molecule has 1 unspecified atom stereocenters. The third kappa shape index (κ3) is 1.39. The standard InChI is InChI=1S/C8H9BrN2O/c1-5-3-10-7-2-6(9)4-11-8(7)12-5/h2,4-5,10H,3H2,1H3. The first-order valence-electron chi connectivity index (χ1n) is 3.82. The quantitative estimate of drug-likeness (QED) is 0.739. The predicted molar refractivity (Wildman–Crippen MR) is 50.5 cm³/mol. The SMILES string of the molecule is CC1CNc2cc(Br)cnc2O1. The molecule has 0 spiro atoms. The van der Waals surface area contributed by atoms with Gasteiger partial charge in [0.25, 0.3) is 0 Å². The summed E-state index contributed by atoms with van der Waals surface area (Å²) < 4.78 is 6.46.